The van der Waals surface area contributed by atoms with Crippen molar-refractivity contribution in [1.82, 2.24) is 4.90 Å². The van der Waals surface area contributed by atoms with Crippen molar-refractivity contribution in [3.05, 3.63) is 71.3 Å². The van der Waals surface area contributed by atoms with E-state index in [1.54, 1.807) is 0 Å². The van der Waals surface area contributed by atoms with Gasteiger partial charge < -0.3 is 0 Å². The molecule has 0 N–H and O–H groups in total. The molecular weight excluding hydrogens is 262 g/mol. The third kappa shape index (κ3) is 2.72. The van der Waals surface area contributed by atoms with Crippen LogP contribution >= 0.6 is 0 Å². The highest BCUT2D eigenvalue weighted by Crippen LogP contribution is 2.30. The number of rotatable bonds is 3. The fourth-order valence-electron chi connectivity index (χ4n) is 2.67. The maximum Gasteiger partial charge on any atom is 0.237 e. The Labute approximate surface area is 124 Å². The van der Waals surface area contributed by atoms with Crippen molar-refractivity contribution in [3.63, 3.8) is 0 Å². The first-order valence-electron chi connectivity index (χ1n) is 7.10. The van der Waals surface area contributed by atoms with Crippen LogP contribution in [0.25, 0.3) is 0 Å². The molecule has 1 atom stereocenters. The van der Waals surface area contributed by atoms with Gasteiger partial charge in [0.1, 0.15) is 0 Å². The average molecular weight is 279 g/mol. The molecule has 21 heavy (non-hydrogen) atoms. The molecule has 0 aliphatic carbocycles. The van der Waals surface area contributed by atoms with E-state index in [0.717, 1.165) is 16.7 Å². The highest BCUT2D eigenvalue weighted by Gasteiger charge is 2.39. The SMILES string of the molecule is Cc1ccc(C2CC(=O)N(Cc3ccccc3)C2=O)cc1. The van der Waals surface area contributed by atoms with Gasteiger partial charge in [-0.2, -0.15) is 0 Å². The topological polar surface area (TPSA) is 37.4 Å². The van der Waals surface area contributed by atoms with Crippen LogP contribution in [0, 0.1) is 6.92 Å². The molecule has 1 heterocycles. The maximum absolute atomic E-state index is 12.5. The molecule has 2 aromatic rings. The van der Waals surface area contributed by atoms with Crippen molar-refractivity contribution in [2.75, 3.05) is 0 Å². The Balaban J connectivity index is 1.80. The van der Waals surface area contributed by atoms with Crippen molar-refractivity contribution in [2.45, 2.75) is 25.8 Å². The molecule has 0 saturated carbocycles. The van der Waals surface area contributed by atoms with Gasteiger partial charge in [-0.3, -0.25) is 14.5 Å². The maximum atomic E-state index is 12.5. The first kappa shape index (κ1) is 13.6. The van der Waals surface area contributed by atoms with Gasteiger partial charge >= 0.3 is 0 Å². The van der Waals surface area contributed by atoms with Crippen LogP contribution < -0.4 is 0 Å². The predicted molar refractivity (Wildman–Crippen MR) is 80.5 cm³/mol. The van der Waals surface area contributed by atoms with Crippen LogP contribution in [0.4, 0.5) is 0 Å². The van der Waals surface area contributed by atoms with Gasteiger partial charge in [-0.15, -0.1) is 0 Å². The van der Waals surface area contributed by atoms with Crippen molar-refractivity contribution in [1.29, 1.82) is 0 Å². The van der Waals surface area contributed by atoms with Gasteiger partial charge in [-0.25, -0.2) is 0 Å². The number of nitrogens with zero attached hydrogens (tertiary/aromatic N) is 1. The minimum atomic E-state index is -0.332. The fourth-order valence-corrected chi connectivity index (χ4v) is 2.67. The Morgan fingerprint density at radius 3 is 2.33 bits per heavy atom. The molecule has 1 aliphatic rings. The zero-order valence-electron chi connectivity index (χ0n) is 12.0. The molecule has 106 valence electrons. The number of hydrogen-bond donors (Lipinski definition) is 0. The Hall–Kier alpha value is -2.42. The molecule has 3 rings (SSSR count). The van der Waals surface area contributed by atoms with Crippen molar-refractivity contribution in [3.8, 4) is 0 Å². The third-order valence-corrected chi connectivity index (χ3v) is 3.91. The van der Waals surface area contributed by atoms with Crippen LogP contribution in [0.2, 0.25) is 0 Å². The lowest BCUT2D eigenvalue weighted by Crippen LogP contribution is -2.29. The van der Waals surface area contributed by atoms with Crippen LogP contribution in [0.1, 0.15) is 29.0 Å². The number of carbonyl (C=O) groups excluding carboxylic acids is 2. The standard InChI is InChI=1S/C18H17NO2/c1-13-7-9-15(10-8-13)16-11-17(20)19(18(16)21)12-14-5-3-2-4-6-14/h2-10,16H,11-12H2,1H3. The largest absolute Gasteiger partial charge is 0.278 e. The normalized spacial score (nSPS) is 18.3. The van der Waals surface area contributed by atoms with Crippen molar-refractivity contribution >= 4 is 11.8 Å². The van der Waals surface area contributed by atoms with Gasteiger partial charge in [0.25, 0.3) is 0 Å². The number of aryl methyl sites for hydroxylation is 1. The first-order chi connectivity index (χ1) is 10.1. The number of carbonyl (C=O) groups is 2. The van der Waals surface area contributed by atoms with Gasteiger partial charge in [0.2, 0.25) is 11.8 Å². The summed E-state index contributed by atoms with van der Waals surface area (Å²) >= 11 is 0. The Morgan fingerprint density at radius 1 is 1.00 bits per heavy atom. The molecule has 1 saturated heterocycles. The smallest absolute Gasteiger partial charge is 0.237 e. The summed E-state index contributed by atoms with van der Waals surface area (Å²) in [7, 11) is 0. The predicted octanol–water partition coefficient (Wildman–Crippen LogP) is 3.04. The summed E-state index contributed by atoms with van der Waals surface area (Å²) in [5.41, 5.74) is 3.05. The molecule has 1 aliphatic heterocycles. The molecule has 1 unspecified atom stereocenters. The minimum Gasteiger partial charge on any atom is -0.278 e. The highest BCUT2D eigenvalue weighted by molar-refractivity contribution is 6.06. The average Bonchev–Trinajstić information content (AvgIpc) is 2.77. The Morgan fingerprint density at radius 2 is 1.67 bits per heavy atom. The number of benzene rings is 2. The summed E-state index contributed by atoms with van der Waals surface area (Å²) in [6.07, 6.45) is 0.273. The second kappa shape index (κ2) is 5.52. The van der Waals surface area contributed by atoms with E-state index in [1.807, 2.05) is 61.5 Å². The molecule has 3 heteroatoms. The second-order valence-electron chi connectivity index (χ2n) is 5.47. The molecule has 0 bridgehead atoms. The molecule has 0 radical (unpaired) electrons. The van der Waals surface area contributed by atoms with E-state index in [-0.39, 0.29) is 24.2 Å². The van der Waals surface area contributed by atoms with Gasteiger partial charge in [0.15, 0.2) is 0 Å². The lowest BCUT2D eigenvalue weighted by Gasteiger charge is -2.15. The van der Waals surface area contributed by atoms with Crippen LogP contribution in [-0.2, 0) is 16.1 Å². The molecule has 0 aromatic heterocycles. The lowest BCUT2D eigenvalue weighted by molar-refractivity contribution is -0.139. The van der Waals surface area contributed by atoms with Gasteiger partial charge in [-0.05, 0) is 18.1 Å². The van der Waals surface area contributed by atoms with Gasteiger partial charge in [0, 0.05) is 6.42 Å². The summed E-state index contributed by atoms with van der Waals surface area (Å²) in [6.45, 7) is 2.37. The van der Waals surface area contributed by atoms with Gasteiger partial charge in [0.05, 0.1) is 12.5 Å². The van der Waals surface area contributed by atoms with Crippen molar-refractivity contribution in [2.24, 2.45) is 0 Å². The molecule has 2 aromatic carbocycles. The number of imide groups is 1. The molecule has 3 nitrogen and oxygen atoms in total. The zero-order valence-corrected chi connectivity index (χ0v) is 12.0. The highest BCUT2D eigenvalue weighted by atomic mass is 16.2. The summed E-state index contributed by atoms with van der Waals surface area (Å²) in [6, 6.07) is 17.5. The van der Waals surface area contributed by atoms with Crippen LogP contribution in [0.3, 0.4) is 0 Å². The Bertz CT molecular complexity index is 661. The monoisotopic (exact) mass is 279 g/mol. The molecule has 2 amide bonds. The summed E-state index contributed by atoms with van der Waals surface area (Å²) in [5.74, 6) is -0.510. The van der Waals surface area contributed by atoms with Crippen molar-refractivity contribution < 1.29 is 9.59 Å². The van der Waals surface area contributed by atoms with E-state index < -0.39 is 0 Å². The van der Waals surface area contributed by atoms with E-state index in [9.17, 15) is 9.59 Å². The minimum absolute atomic E-state index is 0.0885. The van der Waals surface area contributed by atoms with E-state index in [0.29, 0.717) is 6.54 Å². The molecular formula is C18H17NO2. The third-order valence-electron chi connectivity index (χ3n) is 3.91. The van der Waals surface area contributed by atoms with E-state index >= 15 is 0 Å². The van der Waals surface area contributed by atoms with Crippen LogP contribution in [0.15, 0.2) is 54.6 Å². The van der Waals surface area contributed by atoms with Crippen LogP contribution in [0.5, 0.6) is 0 Å². The first-order valence-corrected chi connectivity index (χ1v) is 7.10. The van der Waals surface area contributed by atoms with Crippen LogP contribution in [-0.4, -0.2) is 16.7 Å². The van der Waals surface area contributed by atoms with Gasteiger partial charge in [-0.1, -0.05) is 60.2 Å². The van der Waals surface area contributed by atoms with E-state index in [1.165, 1.54) is 4.90 Å². The van der Waals surface area contributed by atoms with E-state index in [2.05, 4.69) is 0 Å². The molecule has 0 spiro atoms. The number of amides is 2. The summed E-state index contributed by atoms with van der Waals surface area (Å²) < 4.78 is 0. The summed E-state index contributed by atoms with van der Waals surface area (Å²) in [4.78, 5) is 26.0. The second-order valence-corrected chi connectivity index (χ2v) is 5.47. The zero-order chi connectivity index (χ0) is 14.8. The number of hydrogen-bond acceptors (Lipinski definition) is 2. The fraction of sp³-hybridized carbons (Fsp3) is 0.222. The molecule has 1 fully saturated rings. The van der Waals surface area contributed by atoms with E-state index in [4.69, 9.17) is 0 Å². The summed E-state index contributed by atoms with van der Waals surface area (Å²) in [5, 5.41) is 0. The number of likely N-dealkylation sites (tertiary alicyclic amines) is 1. The quantitative estimate of drug-likeness (QED) is 0.810. The lowest BCUT2D eigenvalue weighted by atomic mass is 9.97. The Kier molecular flexibility index (Phi) is 3.57.